The van der Waals surface area contributed by atoms with Crippen LogP contribution in [-0.4, -0.2) is 51.0 Å². The van der Waals surface area contributed by atoms with Crippen LogP contribution >= 0.6 is 0 Å². The van der Waals surface area contributed by atoms with Crippen molar-refractivity contribution >= 4 is 29.4 Å². The second-order valence-electron chi connectivity index (χ2n) is 10.4. The van der Waals surface area contributed by atoms with Crippen LogP contribution in [0, 0.1) is 17.8 Å². The molecule has 37 heavy (non-hydrogen) atoms. The number of carbonyl (C=O) groups excluding carboxylic acids is 4. The Morgan fingerprint density at radius 3 is 2.57 bits per heavy atom. The number of hydrogen-bond acceptors (Lipinski definition) is 6. The first-order valence-corrected chi connectivity index (χ1v) is 12.7. The minimum Gasteiger partial charge on any atom is -0.508 e. The molecule has 2 N–H and O–H groups in total. The summed E-state index contributed by atoms with van der Waals surface area (Å²) < 4.78 is 0. The first kappa shape index (κ1) is 24.9. The molecule has 1 aliphatic heterocycles. The molecule has 4 atom stereocenters. The number of ketones is 2. The van der Waals surface area contributed by atoms with Crippen LogP contribution in [0.5, 0.6) is 5.75 Å². The predicted octanol–water partition coefficient (Wildman–Crippen LogP) is 3.47. The number of aromatic hydroxyl groups is 1. The van der Waals surface area contributed by atoms with Crippen molar-refractivity contribution in [3.05, 3.63) is 64.3 Å². The van der Waals surface area contributed by atoms with Crippen LogP contribution in [0.1, 0.15) is 56.9 Å². The summed E-state index contributed by atoms with van der Waals surface area (Å²) in [6.45, 7) is 1.86. The first-order chi connectivity index (χ1) is 17.7. The second kappa shape index (κ2) is 9.57. The van der Waals surface area contributed by atoms with E-state index in [9.17, 15) is 29.1 Å². The molecule has 3 aliphatic carbocycles. The van der Waals surface area contributed by atoms with Crippen LogP contribution < -0.4 is 0 Å². The summed E-state index contributed by atoms with van der Waals surface area (Å²) in [5.74, 6) is -3.87. The number of fused-ring (bicyclic) bond motifs is 3. The number of imide groups is 1. The van der Waals surface area contributed by atoms with Gasteiger partial charge in [-0.25, -0.2) is 0 Å². The Balaban J connectivity index is 1.48. The van der Waals surface area contributed by atoms with Crippen LogP contribution in [0.3, 0.4) is 0 Å². The predicted molar refractivity (Wildman–Crippen MR) is 132 cm³/mol. The summed E-state index contributed by atoms with van der Waals surface area (Å²) in [4.78, 5) is 65.3. The van der Waals surface area contributed by atoms with Gasteiger partial charge in [-0.3, -0.25) is 28.9 Å². The van der Waals surface area contributed by atoms with Crippen molar-refractivity contribution in [2.75, 3.05) is 6.54 Å². The molecule has 1 aromatic carbocycles. The van der Waals surface area contributed by atoms with E-state index in [1.54, 1.807) is 25.1 Å². The number of nitrogens with zero attached hydrogens (tertiary/aromatic N) is 1. The standard InChI is InChI=1S/C29H29NO7/c1-15-12-22(32)26-21(27(15)35)14-20-18(24(26)16-6-5-7-17(31)13-16)9-10-19-25(20)29(37)30(28(19)36)11-4-2-3-8-23(33)34/h5-7,9,12-13,19-20,24-25,31H,2-4,8,10-11,14H2,1H3,(H,33,34)/t19-,20+,24-,25-/m0/s1. The molecule has 192 valence electrons. The lowest BCUT2D eigenvalue weighted by molar-refractivity contribution is -0.141. The Bertz CT molecular complexity index is 1320. The monoisotopic (exact) mass is 503 g/mol. The van der Waals surface area contributed by atoms with Gasteiger partial charge in [0.1, 0.15) is 5.75 Å². The van der Waals surface area contributed by atoms with Gasteiger partial charge in [-0.2, -0.15) is 0 Å². The molecule has 0 radical (unpaired) electrons. The number of amides is 2. The summed E-state index contributed by atoms with van der Waals surface area (Å²) in [5, 5.41) is 19.0. The molecule has 1 heterocycles. The third kappa shape index (κ3) is 4.24. The zero-order valence-electron chi connectivity index (χ0n) is 20.6. The summed E-state index contributed by atoms with van der Waals surface area (Å²) in [6.07, 6.45) is 5.57. The highest BCUT2D eigenvalue weighted by Gasteiger charge is 2.56. The highest BCUT2D eigenvalue weighted by atomic mass is 16.4. The number of carbonyl (C=O) groups is 5. The van der Waals surface area contributed by atoms with Crippen LogP contribution in [0.25, 0.3) is 0 Å². The average Bonchev–Trinajstić information content (AvgIpc) is 3.10. The molecule has 0 spiro atoms. The van der Waals surface area contributed by atoms with E-state index in [0.717, 1.165) is 5.57 Å². The van der Waals surface area contributed by atoms with Gasteiger partial charge in [-0.15, -0.1) is 0 Å². The normalized spacial score (nSPS) is 27.0. The van der Waals surface area contributed by atoms with Gasteiger partial charge in [0.2, 0.25) is 11.8 Å². The summed E-state index contributed by atoms with van der Waals surface area (Å²) in [7, 11) is 0. The Hall–Kier alpha value is -3.81. The molecule has 1 saturated heterocycles. The van der Waals surface area contributed by atoms with Gasteiger partial charge in [0.25, 0.3) is 0 Å². The molecule has 0 unspecified atom stereocenters. The molecule has 8 nitrogen and oxygen atoms in total. The molecule has 1 aromatic rings. The van der Waals surface area contributed by atoms with E-state index in [1.807, 2.05) is 6.08 Å². The molecule has 0 aromatic heterocycles. The van der Waals surface area contributed by atoms with Crippen molar-refractivity contribution in [1.82, 2.24) is 4.90 Å². The molecular weight excluding hydrogens is 474 g/mol. The largest absolute Gasteiger partial charge is 0.508 e. The van der Waals surface area contributed by atoms with E-state index in [4.69, 9.17) is 5.11 Å². The van der Waals surface area contributed by atoms with E-state index >= 15 is 0 Å². The highest BCUT2D eigenvalue weighted by Crippen LogP contribution is 2.55. The summed E-state index contributed by atoms with van der Waals surface area (Å²) in [6, 6.07) is 6.61. The maximum atomic E-state index is 13.6. The van der Waals surface area contributed by atoms with Crippen molar-refractivity contribution in [1.29, 1.82) is 0 Å². The summed E-state index contributed by atoms with van der Waals surface area (Å²) >= 11 is 0. The quantitative estimate of drug-likeness (QED) is 0.252. The van der Waals surface area contributed by atoms with Gasteiger partial charge >= 0.3 is 5.97 Å². The van der Waals surface area contributed by atoms with E-state index in [1.165, 1.54) is 17.0 Å². The fourth-order valence-corrected chi connectivity index (χ4v) is 6.47. The first-order valence-electron chi connectivity index (χ1n) is 12.7. The molecule has 1 fully saturated rings. The number of rotatable bonds is 7. The minimum atomic E-state index is -0.869. The lowest BCUT2D eigenvalue weighted by Crippen LogP contribution is -2.39. The van der Waals surface area contributed by atoms with E-state index < -0.39 is 29.6 Å². The summed E-state index contributed by atoms with van der Waals surface area (Å²) in [5.41, 5.74) is 2.67. The van der Waals surface area contributed by atoms with Gasteiger partial charge in [0.15, 0.2) is 11.6 Å². The average molecular weight is 504 g/mol. The number of phenols is 1. The molecule has 4 aliphatic rings. The number of hydrogen-bond donors (Lipinski definition) is 2. The maximum Gasteiger partial charge on any atom is 0.303 e. The number of allylic oxidation sites excluding steroid dienone is 6. The molecule has 0 bridgehead atoms. The van der Waals surface area contributed by atoms with Crippen molar-refractivity contribution in [3.8, 4) is 5.75 Å². The number of Topliss-reactive ketones (excluding diaryl/α,β-unsaturated/α-hetero) is 1. The van der Waals surface area contributed by atoms with Crippen LogP contribution in [0.2, 0.25) is 0 Å². The van der Waals surface area contributed by atoms with Crippen molar-refractivity contribution < 1.29 is 34.2 Å². The maximum absolute atomic E-state index is 13.6. The highest BCUT2D eigenvalue weighted by molar-refractivity contribution is 6.23. The lowest BCUT2D eigenvalue weighted by Gasteiger charge is -2.42. The number of aliphatic carboxylic acids is 1. The SMILES string of the molecule is CC1=CC(=O)C2=C(C[C@@H]3C(=CC[C@@H]4C(=O)N(CCCCCC(=O)O)C(=O)[C@@H]43)[C@@H]2c2cccc(O)c2)C1=O. The Kier molecular flexibility index (Phi) is 6.43. The van der Waals surface area contributed by atoms with Crippen molar-refractivity contribution in [3.63, 3.8) is 0 Å². The van der Waals surface area contributed by atoms with Crippen LogP contribution in [0.15, 0.2) is 58.7 Å². The van der Waals surface area contributed by atoms with E-state index in [2.05, 4.69) is 0 Å². The van der Waals surface area contributed by atoms with Gasteiger partial charge in [-0.1, -0.05) is 30.2 Å². The number of likely N-dealkylation sites (tertiary alicyclic amines) is 1. The second-order valence-corrected chi connectivity index (χ2v) is 10.4. The number of benzene rings is 1. The zero-order valence-corrected chi connectivity index (χ0v) is 20.6. The Morgan fingerprint density at radius 1 is 1.05 bits per heavy atom. The Labute approximate surface area is 214 Å². The molecule has 5 rings (SSSR count). The van der Waals surface area contributed by atoms with E-state index in [-0.39, 0.29) is 48.5 Å². The molecular formula is C29H29NO7. The van der Waals surface area contributed by atoms with Crippen LogP contribution in [0.4, 0.5) is 0 Å². The van der Waals surface area contributed by atoms with Crippen molar-refractivity contribution in [2.45, 2.75) is 51.4 Å². The van der Waals surface area contributed by atoms with Gasteiger partial charge in [0, 0.05) is 35.6 Å². The molecule has 2 amide bonds. The number of carboxylic acid groups (broad SMARTS) is 1. The smallest absolute Gasteiger partial charge is 0.303 e. The van der Waals surface area contributed by atoms with Gasteiger partial charge in [0.05, 0.1) is 11.8 Å². The lowest BCUT2D eigenvalue weighted by atomic mass is 9.59. The molecule has 8 heteroatoms. The number of unbranched alkanes of at least 4 members (excludes halogenated alkanes) is 2. The fourth-order valence-electron chi connectivity index (χ4n) is 6.47. The fraction of sp³-hybridized carbons (Fsp3) is 0.414. The Morgan fingerprint density at radius 2 is 1.84 bits per heavy atom. The van der Waals surface area contributed by atoms with Crippen molar-refractivity contribution in [2.24, 2.45) is 17.8 Å². The van der Waals surface area contributed by atoms with E-state index in [0.29, 0.717) is 48.0 Å². The topological polar surface area (TPSA) is 129 Å². The van der Waals surface area contributed by atoms with Gasteiger partial charge in [-0.05, 0) is 62.3 Å². The third-order valence-electron chi connectivity index (χ3n) is 8.13. The third-order valence-corrected chi connectivity index (χ3v) is 8.13. The number of carboxylic acids is 1. The molecule has 0 saturated carbocycles. The van der Waals surface area contributed by atoms with Crippen LogP contribution in [-0.2, 0) is 24.0 Å². The zero-order chi connectivity index (χ0) is 26.4. The minimum absolute atomic E-state index is 0.0403. The number of phenolic OH excluding ortho intramolecular Hbond substituents is 1. The van der Waals surface area contributed by atoms with Gasteiger partial charge < -0.3 is 10.2 Å².